The van der Waals surface area contributed by atoms with Crippen LogP contribution in [0.3, 0.4) is 0 Å². The first kappa shape index (κ1) is 20.4. The number of nitrogens with zero attached hydrogens (tertiary/aromatic N) is 3. The summed E-state index contributed by atoms with van der Waals surface area (Å²) in [5.74, 6) is 0.816. The number of hydrogen-bond acceptors (Lipinski definition) is 5. The number of anilines is 1. The Labute approximate surface area is 180 Å². The van der Waals surface area contributed by atoms with E-state index in [4.69, 9.17) is 14.2 Å². The SMILES string of the molecule is CN(C(=O)c1cccc(-n2nc(C(F)(F)F)c3c2CCOC3)c1)c1ccc2c(c1)OCO2. The molecule has 2 aromatic carbocycles. The van der Waals surface area contributed by atoms with Gasteiger partial charge in [-0.25, -0.2) is 4.68 Å². The summed E-state index contributed by atoms with van der Waals surface area (Å²) in [4.78, 5) is 14.5. The molecule has 2 aliphatic heterocycles. The number of carbonyl (C=O) groups is 1. The van der Waals surface area contributed by atoms with Gasteiger partial charge in [-0.1, -0.05) is 6.07 Å². The van der Waals surface area contributed by atoms with E-state index in [0.29, 0.717) is 47.2 Å². The van der Waals surface area contributed by atoms with Crippen molar-refractivity contribution in [2.24, 2.45) is 0 Å². The van der Waals surface area contributed by atoms with Crippen molar-refractivity contribution in [1.82, 2.24) is 9.78 Å². The predicted octanol–water partition coefficient (Wildman–Crippen LogP) is 3.97. The van der Waals surface area contributed by atoms with Crippen molar-refractivity contribution in [2.75, 3.05) is 25.3 Å². The summed E-state index contributed by atoms with van der Waals surface area (Å²) in [7, 11) is 1.61. The highest BCUT2D eigenvalue weighted by atomic mass is 19.4. The van der Waals surface area contributed by atoms with Crippen molar-refractivity contribution in [2.45, 2.75) is 19.2 Å². The van der Waals surface area contributed by atoms with Crippen LogP contribution in [-0.2, 0) is 23.9 Å². The fourth-order valence-corrected chi connectivity index (χ4v) is 3.85. The summed E-state index contributed by atoms with van der Waals surface area (Å²) in [5.41, 5.74) is 0.811. The predicted molar refractivity (Wildman–Crippen MR) is 107 cm³/mol. The summed E-state index contributed by atoms with van der Waals surface area (Å²) >= 11 is 0. The summed E-state index contributed by atoms with van der Waals surface area (Å²) in [6.45, 7) is 0.286. The first-order valence-electron chi connectivity index (χ1n) is 9.87. The van der Waals surface area contributed by atoms with E-state index >= 15 is 0 Å². The second-order valence-corrected chi connectivity index (χ2v) is 7.44. The van der Waals surface area contributed by atoms with Gasteiger partial charge in [-0.3, -0.25) is 4.79 Å². The number of rotatable bonds is 3. The minimum absolute atomic E-state index is 0.0398. The Morgan fingerprint density at radius 2 is 1.94 bits per heavy atom. The van der Waals surface area contributed by atoms with Gasteiger partial charge >= 0.3 is 6.18 Å². The number of ether oxygens (including phenoxy) is 3. The molecule has 5 rings (SSSR count). The zero-order valence-corrected chi connectivity index (χ0v) is 17.0. The van der Waals surface area contributed by atoms with Crippen LogP contribution in [0.4, 0.5) is 18.9 Å². The summed E-state index contributed by atoms with van der Waals surface area (Å²) in [5, 5.41) is 3.83. The molecule has 0 saturated heterocycles. The fraction of sp³-hybridized carbons (Fsp3) is 0.273. The number of halogens is 3. The summed E-state index contributed by atoms with van der Waals surface area (Å²) < 4.78 is 57.6. The lowest BCUT2D eigenvalue weighted by Crippen LogP contribution is -2.26. The third kappa shape index (κ3) is 3.46. The largest absolute Gasteiger partial charge is 0.454 e. The number of benzene rings is 2. The average molecular weight is 445 g/mol. The molecule has 0 saturated carbocycles. The Hall–Kier alpha value is -3.53. The second-order valence-electron chi connectivity index (χ2n) is 7.44. The van der Waals surface area contributed by atoms with Crippen molar-refractivity contribution in [3.63, 3.8) is 0 Å². The van der Waals surface area contributed by atoms with E-state index < -0.39 is 11.9 Å². The van der Waals surface area contributed by atoms with E-state index in [1.807, 2.05) is 0 Å². The summed E-state index contributed by atoms with van der Waals surface area (Å²) in [6.07, 6.45) is -4.29. The molecule has 0 radical (unpaired) electrons. The molecular formula is C22H18F3N3O4. The van der Waals surface area contributed by atoms with Gasteiger partial charge in [0.15, 0.2) is 17.2 Å². The van der Waals surface area contributed by atoms with E-state index in [9.17, 15) is 18.0 Å². The lowest BCUT2D eigenvalue weighted by atomic mass is 10.1. The van der Waals surface area contributed by atoms with Crippen molar-refractivity contribution in [1.29, 1.82) is 0 Å². The first-order valence-corrected chi connectivity index (χ1v) is 9.87. The first-order chi connectivity index (χ1) is 15.3. The number of amides is 1. The Morgan fingerprint density at radius 3 is 2.75 bits per heavy atom. The van der Waals surface area contributed by atoms with Gasteiger partial charge in [0.05, 0.1) is 24.6 Å². The molecule has 0 spiro atoms. The van der Waals surface area contributed by atoms with Crippen molar-refractivity contribution < 1.29 is 32.2 Å². The van der Waals surface area contributed by atoms with Gasteiger partial charge in [0.2, 0.25) is 6.79 Å². The highest BCUT2D eigenvalue weighted by Crippen LogP contribution is 2.37. The van der Waals surface area contributed by atoms with E-state index in [0.717, 1.165) is 0 Å². The third-order valence-corrected chi connectivity index (χ3v) is 5.47. The number of fused-ring (bicyclic) bond motifs is 2. The molecule has 2 aliphatic rings. The molecule has 3 heterocycles. The molecule has 0 fully saturated rings. The molecule has 1 amide bonds. The van der Waals surface area contributed by atoms with Crippen LogP contribution in [0.1, 0.15) is 27.3 Å². The van der Waals surface area contributed by atoms with Gasteiger partial charge in [-0.05, 0) is 30.3 Å². The Balaban J connectivity index is 1.49. The van der Waals surface area contributed by atoms with E-state index in [-0.39, 0.29) is 24.9 Å². The van der Waals surface area contributed by atoms with Crippen molar-refractivity contribution in [3.8, 4) is 17.2 Å². The molecule has 1 aromatic heterocycles. The van der Waals surface area contributed by atoms with Gasteiger partial charge < -0.3 is 19.1 Å². The summed E-state index contributed by atoms with van der Waals surface area (Å²) in [6, 6.07) is 11.5. The minimum Gasteiger partial charge on any atom is -0.454 e. The highest BCUT2D eigenvalue weighted by Gasteiger charge is 2.40. The molecule has 32 heavy (non-hydrogen) atoms. The maximum Gasteiger partial charge on any atom is 0.435 e. The molecule has 3 aromatic rings. The lowest BCUT2D eigenvalue weighted by molar-refractivity contribution is -0.142. The van der Waals surface area contributed by atoms with Crippen LogP contribution < -0.4 is 14.4 Å². The normalized spacial score (nSPS) is 14.9. The molecule has 166 valence electrons. The Kier molecular flexibility index (Phi) is 4.81. The van der Waals surface area contributed by atoms with Gasteiger partial charge in [-0.2, -0.15) is 18.3 Å². The highest BCUT2D eigenvalue weighted by molar-refractivity contribution is 6.06. The van der Waals surface area contributed by atoms with E-state index in [1.54, 1.807) is 43.4 Å². The molecule has 0 unspecified atom stereocenters. The number of carbonyl (C=O) groups excluding carboxylic acids is 1. The van der Waals surface area contributed by atoms with Gasteiger partial charge in [-0.15, -0.1) is 0 Å². The molecule has 10 heteroatoms. The molecule has 0 atom stereocenters. The van der Waals surface area contributed by atoms with Crippen LogP contribution in [0.15, 0.2) is 42.5 Å². The lowest BCUT2D eigenvalue weighted by Gasteiger charge is -2.19. The number of aromatic nitrogens is 2. The van der Waals surface area contributed by atoms with Crippen LogP contribution in [0.2, 0.25) is 0 Å². The molecule has 0 bridgehead atoms. The van der Waals surface area contributed by atoms with Gasteiger partial charge in [0.25, 0.3) is 5.91 Å². The van der Waals surface area contributed by atoms with E-state index in [1.165, 1.54) is 15.6 Å². The maximum absolute atomic E-state index is 13.5. The molecular weight excluding hydrogens is 427 g/mol. The smallest absolute Gasteiger partial charge is 0.435 e. The van der Waals surface area contributed by atoms with Gasteiger partial charge in [0, 0.05) is 36.3 Å². The zero-order valence-electron chi connectivity index (χ0n) is 17.0. The molecule has 7 nitrogen and oxygen atoms in total. The van der Waals surface area contributed by atoms with E-state index in [2.05, 4.69) is 5.10 Å². The second kappa shape index (κ2) is 7.56. The monoisotopic (exact) mass is 445 g/mol. The Morgan fingerprint density at radius 1 is 1.12 bits per heavy atom. The van der Waals surface area contributed by atoms with Crippen molar-refractivity contribution >= 4 is 11.6 Å². The maximum atomic E-state index is 13.5. The third-order valence-electron chi connectivity index (χ3n) is 5.47. The van der Waals surface area contributed by atoms with Crippen LogP contribution >= 0.6 is 0 Å². The number of alkyl halides is 3. The molecule has 0 N–H and O–H groups in total. The number of hydrogen-bond donors (Lipinski definition) is 0. The van der Waals surface area contributed by atoms with Crippen LogP contribution in [-0.4, -0.2) is 36.1 Å². The average Bonchev–Trinajstić information content (AvgIpc) is 3.42. The Bertz CT molecular complexity index is 1210. The zero-order chi connectivity index (χ0) is 22.5. The van der Waals surface area contributed by atoms with Crippen LogP contribution in [0.5, 0.6) is 11.5 Å². The fourth-order valence-electron chi connectivity index (χ4n) is 3.85. The van der Waals surface area contributed by atoms with Crippen LogP contribution in [0, 0.1) is 0 Å². The molecule has 0 aliphatic carbocycles. The topological polar surface area (TPSA) is 65.8 Å². The van der Waals surface area contributed by atoms with Crippen LogP contribution in [0.25, 0.3) is 5.69 Å². The van der Waals surface area contributed by atoms with Gasteiger partial charge in [0.1, 0.15) is 0 Å². The quantitative estimate of drug-likeness (QED) is 0.611. The van der Waals surface area contributed by atoms with Crippen molar-refractivity contribution in [3.05, 3.63) is 65.0 Å². The standard InChI is InChI=1S/C22H18F3N3O4/c1-27(14-5-6-18-19(10-14)32-12-31-18)21(29)13-3-2-4-15(9-13)28-17-7-8-30-11-16(17)20(26-28)22(23,24)25/h2-6,9-10H,7-8,11-12H2,1H3. The minimum atomic E-state index is -4.59.